The van der Waals surface area contributed by atoms with Gasteiger partial charge in [-0.2, -0.15) is 0 Å². The zero-order valence-corrected chi connectivity index (χ0v) is 28.4. The minimum atomic E-state index is -1.91. The minimum Gasteiger partial charge on any atom is -0.444 e. The molecule has 3 aromatic rings. The Bertz CT molecular complexity index is 1500. The highest BCUT2D eigenvalue weighted by Crippen LogP contribution is 2.34. The summed E-state index contributed by atoms with van der Waals surface area (Å²) in [6.45, 7) is 6.89. The quantitative estimate of drug-likeness (QED) is 0.0981. The summed E-state index contributed by atoms with van der Waals surface area (Å²) in [6.07, 6.45) is -0.915. The Morgan fingerprint density at radius 3 is 2.27 bits per heavy atom. The summed E-state index contributed by atoms with van der Waals surface area (Å²) in [6, 6.07) is 20.5. The molecule has 10 nitrogen and oxygen atoms in total. The predicted octanol–water partition coefficient (Wildman–Crippen LogP) is 5.15. The molecule has 0 fully saturated rings. The maximum absolute atomic E-state index is 14.1. The monoisotopic (exact) mass is 661 g/mol. The molecule has 10 heteroatoms. The zero-order chi connectivity index (χ0) is 35.2. The molecule has 1 unspecified atom stereocenters. The number of aliphatic hydroxyl groups is 3. The molecule has 3 aromatic carbocycles. The van der Waals surface area contributed by atoms with Crippen molar-refractivity contribution < 1.29 is 34.4 Å². The first-order chi connectivity index (χ1) is 23.0. The van der Waals surface area contributed by atoms with Crippen LogP contribution in [0.2, 0.25) is 0 Å². The average molecular weight is 662 g/mol. The van der Waals surface area contributed by atoms with Crippen LogP contribution in [-0.2, 0) is 20.9 Å². The van der Waals surface area contributed by atoms with Crippen LogP contribution >= 0.6 is 0 Å². The minimum absolute atomic E-state index is 0.0526. The van der Waals surface area contributed by atoms with Gasteiger partial charge in [-0.3, -0.25) is 9.59 Å². The van der Waals surface area contributed by atoms with Crippen molar-refractivity contribution in [1.82, 2.24) is 10.2 Å². The molecule has 0 aliphatic heterocycles. The highest BCUT2D eigenvalue weighted by molar-refractivity contribution is 5.98. The highest BCUT2D eigenvalue weighted by Gasteiger charge is 2.38. The molecular formula is C38H51N3O7. The number of hydrogen-bond donors (Lipinski definition) is 5. The van der Waals surface area contributed by atoms with Gasteiger partial charge in [-0.05, 0) is 59.6 Å². The van der Waals surface area contributed by atoms with Crippen LogP contribution < -0.4 is 11.1 Å². The second kappa shape index (κ2) is 19.0. The predicted molar refractivity (Wildman–Crippen MR) is 187 cm³/mol. The standard InChI is InChI=1S/C38H51N3O7/c1-5-6-19-33(40-35(44)26(4)39)37(46)41(38(47)48-24-27-13-8-7-9-14-27)36(45)29(20-21-42)23-34(43)32(22-25(2)3)31-18-12-16-28-15-10-11-17-30(28)31/h7-18,23,25-26,32-34,36,42-43,45H,5-6,19-22,24,39H2,1-4H3,(H,40,44)/t26-,32-,33-,34-,36?/m0/s1. The first kappa shape index (κ1) is 38.4. The van der Waals surface area contributed by atoms with E-state index >= 15 is 0 Å². The number of nitrogens with one attached hydrogen (secondary N) is 1. The Hall–Kier alpha value is -4.09. The van der Waals surface area contributed by atoms with Crippen LogP contribution in [0.25, 0.3) is 10.8 Å². The van der Waals surface area contributed by atoms with Crippen LogP contribution in [0.3, 0.4) is 0 Å². The van der Waals surface area contributed by atoms with Crippen LogP contribution in [0.5, 0.6) is 0 Å². The molecule has 6 N–H and O–H groups in total. The number of nitrogens with two attached hydrogens (primary N) is 1. The van der Waals surface area contributed by atoms with Crippen molar-refractivity contribution in [2.75, 3.05) is 6.61 Å². The fourth-order valence-electron chi connectivity index (χ4n) is 5.70. The summed E-state index contributed by atoms with van der Waals surface area (Å²) in [5.41, 5.74) is 7.39. The molecule has 0 saturated heterocycles. The topological polar surface area (TPSA) is 162 Å². The van der Waals surface area contributed by atoms with Gasteiger partial charge < -0.3 is 31.1 Å². The Balaban J connectivity index is 2.06. The third-order valence-corrected chi connectivity index (χ3v) is 8.24. The molecule has 0 aromatic heterocycles. The molecule has 0 bridgehead atoms. The Morgan fingerprint density at radius 2 is 1.62 bits per heavy atom. The molecule has 0 radical (unpaired) electrons. The van der Waals surface area contributed by atoms with Gasteiger partial charge in [0.2, 0.25) is 5.91 Å². The third kappa shape index (κ3) is 10.7. The number of aliphatic hydroxyl groups excluding tert-OH is 3. The van der Waals surface area contributed by atoms with Gasteiger partial charge >= 0.3 is 6.09 Å². The van der Waals surface area contributed by atoms with E-state index in [-0.39, 0.29) is 30.9 Å². The normalized spacial score (nSPS) is 15.0. The number of imide groups is 1. The smallest absolute Gasteiger partial charge is 0.419 e. The number of fused-ring (bicyclic) bond motifs is 1. The molecule has 0 aliphatic carbocycles. The van der Waals surface area contributed by atoms with Crippen LogP contribution in [0.15, 0.2) is 84.4 Å². The molecule has 0 heterocycles. The second-order valence-corrected chi connectivity index (χ2v) is 12.6. The highest BCUT2D eigenvalue weighted by atomic mass is 16.6. The summed E-state index contributed by atoms with van der Waals surface area (Å²) >= 11 is 0. The Morgan fingerprint density at radius 1 is 0.958 bits per heavy atom. The number of unbranched alkanes of at least 4 members (excludes halogenated alkanes) is 1. The number of ether oxygens (including phenoxy) is 1. The number of benzene rings is 3. The van der Waals surface area contributed by atoms with E-state index in [4.69, 9.17) is 10.5 Å². The summed E-state index contributed by atoms with van der Waals surface area (Å²) in [5.74, 6) is -1.70. The number of hydrogen-bond acceptors (Lipinski definition) is 8. The lowest BCUT2D eigenvalue weighted by Gasteiger charge is -2.32. The van der Waals surface area contributed by atoms with E-state index < -0.39 is 54.8 Å². The van der Waals surface area contributed by atoms with Gasteiger partial charge in [0.25, 0.3) is 5.91 Å². The molecule has 5 atom stereocenters. The number of nitrogens with zero attached hydrogens (tertiary/aromatic N) is 1. The van der Waals surface area contributed by atoms with Gasteiger partial charge in [-0.25, -0.2) is 9.69 Å². The van der Waals surface area contributed by atoms with E-state index in [0.29, 0.717) is 29.7 Å². The fourth-order valence-corrected chi connectivity index (χ4v) is 5.70. The van der Waals surface area contributed by atoms with Crippen molar-refractivity contribution in [3.8, 4) is 0 Å². The largest absolute Gasteiger partial charge is 0.444 e. The van der Waals surface area contributed by atoms with Crippen molar-refractivity contribution >= 4 is 28.7 Å². The van der Waals surface area contributed by atoms with Crippen molar-refractivity contribution in [2.45, 2.75) is 96.7 Å². The second-order valence-electron chi connectivity index (χ2n) is 12.6. The maximum atomic E-state index is 14.1. The van der Waals surface area contributed by atoms with E-state index in [2.05, 4.69) is 5.32 Å². The molecular weight excluding hydrogens is 610 g/mol. The summed E-state index contributed by atoms with van der Waals surface area (Å²) in [7, 11) is 0. The zero-order valence-electron chi connectivity index (χ0n) is 28.4. The Labute approximate surface area is 283 Å². The van der Waals surface area contributed by atoms with Crippen molar-refractivity contribution in [3.05, 3.63) is 95.6 Å². The molecule has 3 rings (SSSR count). The lowest BCUT2D eigenvalue weighted by Crippen LogP contribution is -2.56. The summed E-state index contributed by atoms with van der Waals surface area (Å²) in [4.78, 5) is 40.9. The molecule has 48 heavy (non-hydrogen) atoms. The van der Waals surface area contributed by atoms with Gasteiger partial charge in [0.15, 0.2) is 6.23 Å². The van der Waals surface area contributed by atoms with Crippen LogP contribution in [0.1, 0.15) is 76.8 Å². The molecule has 0 spiro atoms. The van der Waals surface area contributed by atoms with Crippen LogP contribution in [0.4, 0.5) is 4.79 Å². The maximum Gasteiger partial charge on any atom is 0.419 e. The molecule has 0 saturated carbocycles. The number of carbonyl (C=O) groups is 3. The Kier molecular flexibility index (Phi) is 15.2. The van der Waals surface area contributed by atoms with Crippen molar-refractivity contribution in [2.24, 2.45) is 11.7 Å². The SMILES string of the molecule is CCCC[C@H](NC(=O)[C@H](C)N)C(=O)N(C(=O)OCc1ccccc1)C(O)C(=C[C@H](O)[C@@H](CC(C)C)c1cccc2ccccc12)CCO. The summed E-state index contributed by atoms with van der Waals surface area (Å²) in [5, 5.41) is 38.2. The van der Waals surface area contributed by atoms with E-state index in [1.807, 2.05) is 69.3 Å². The lowest BCUT2D eigenvalue weighted by atomic mass is 9.82. The van der Waals surface area contributed by atoms with Gasteiger partial charge in [0.05, 0.1) is 12.1 Å². The first-order valence-electron chi connectivity index (χ1n) is 16.7. The van der Waals surface area contributed by atoms with Gasteiger partial charge in [-0.1, -0.05) is 112 Å². The summed E-state index contributed by atoms with van der Waals surface area (Å²) < 4.78 is 5.51. The van der Waals surface area contributed by atoms with Gasteiger partial charge in [0.1, 0.15) is 12.6 Å². The number of amides is 3. The van der Waals surface area contributed by atoms with E-state index in [9.17, 15) is 29.7 Å². The molecule has 0 aliphatic rings. The lowest BCUT2D eigenvalue weighted by molar-refractivity contribution is -0.141. The van der Waals surface area contributed by atoms with Crippen molar-refractivity contribution in [1.29, 1.82) is 0 Å². The number of carbonyl (C=O) groups excluding carboxylic acids is 3. The van der Waals surface area contributed by atoms with Gasteiger partial charge in [0, 0.05) is 12.5 Å². The first-order valence-corrected chi connectivity index (χ1v) is 16.7. The van der Waals surface area contributed by atoms with Crippen LogP contribution in [0, 0.1) is 5.92 Å². The third-order valence-electron chi connectivity index (χ3n) is 8.24. The average Bonchev–Trinajstić information content (AvgIpc) is 3.07. The van der Waals surface area contributed by atoms with E-state index in [0.717, 1.165) is 16.3 Å². The van der Waals surface area contributed by atoms with Crippen LogP contribution in [-0.4, -0.2) is 69.1 Å². The van der Waals surface area contributed by atoms with Gasteiger partial charge in [-0.15, -0.1) is 0 Å². The fraction of sp³-hybridized carbons (Fsp3) is 0.447. The van der Waals surface area contributed by atoms with E-state index in [1.165, 1.54) is 13.0 Å². The number of rotatable bonds is 17. The molecule has 260 valence electrons. The molecule has 3 amide bonds. The van der Waals surface area contributed by atoms with E-state index in [1.54, 1.807) is 24.3 Å². The van der Waals surface area contributed by atoms with Crippen molar-refractivity contribution in [3.63, 3.8) is 0 Å².